The van der Waals surface area contributed by atoms with Gasteiger partial charge in [0, 0.05) is 12.1 Å². The smallest absolute Gasteiger partial charge is 0.258 e. The second-order valence-corrected chi connectivity index (χ2v) is 2.31. The Balaban J connectivity index is 3.32. The van der Waals surface area contributed by atoms with Gasteiger partial charge in [-0.2, -0.15) is 5.26 Å². The molecule has 1 aromatic rings. The van der Waals surface area contributed by atoms with Gasteiger partial charge < -0.3 is 0 Å². The van der Waals surface area contributed by atoms with E-state index in [2.05, 4.69) is 12.7 Å². The molecule has 13 heavy (non-hydrogen) atoms. The molecule has 1 aromatic carbocycles. The van der Waals surface area contributed by atoms with Gasteiger partial charge in [0.15, 0.2) is 0 Å². The van der Waals surface area contributed by atoms with Crippen LogP contribution < -0.4 is 0 Å². The predicted molar refractivity (Wildman–Crippen MR) is 45.8 cm³/mol. The topological polar surface area (TPSA) is 66.9 Å². The second kappa shape index (κ2) is 3.50. The summed E-state index contributed by atoms with van der Waals surface area (Å²) in [6.07, 6.45) is 2.49. The molecule has 0 bridgehead atoms. The predicted octanol–water partition coefficient (Wildman–Crippen LogP) is 1.80. The molecule has 0 unspecified atom stereocenters. The van der Waals surface area contributed by atoms with E-state index in [0.717, 1.165) is 0 Å². The fourth-order valence-electron chi connectivity index (χ4n) is 0.883. The van der Waals surface area contributed by atoms with E-state index in [0.29, 0.717) is 5.56 Å². The molecular weight excluding hydrogens is 168 g/mol. The van der Waals surface area contributed by atoms with Crippen molar-refractivity contribution in [3.05, 3.63) is 52.1 Å². The van der Waals surface area contributed by atoms with Crippen LogP contribution in [-0.2, 0) is 0 Å². The third-order valence-electron chi connectivity index (χ3n) is 1.46. The monoisotopic (exact) mass is 173 g/mol. The molecule has 4 heteroatoms. The number of nitro groups is 1. The summed E-state index contributed by atoms with van der Waals surface area (Å²) >= 11 is 0. The summed E-state index contributed by atoms with van der Waals surface area (Å²) in [6, 6.07) is 5.83. The Morgan fingerprint density at radius 3 is 2.46 bits per heavy atom. The first-order valence-corrected chi connectivity index (χ1v) is 3.40. The molecule has 0 heterocycles. The molecule has 0 fully saturated rings. The van der Waals surface area contributed by atoms with Gasteiger partial charge in [-0.25, -0.2) is 0 Å². The van der Waals surface area contributed by atoms with Crippen LogP contribution in [0.5, 0.6) is 0 Å². The minimum absolute atomic E-state index is 0.120. The molecule has 0 aromatic heterocycles. The summed E-state index contributed by atoms with van der Waals surface area (Å²) < 4.78 is 0. The van der Waals surface area contributed by atoms with E-state index in [9.17, 15) is 10.1 Å². The zero-order chi connectivity index (χ0) is 9.84. The van der Waals surface area contributed by atoms with Gasteiger partial charge in [-0.3, -0.25) is 10.1 Å². The maximum Gasteiger partial charge on any atom is 0.271 e. The van der Waals surface area contributed by atoms with Crippen molar-refractivity contribution in [3.63, 3.8) is 0 Å². The summed E-state index contributed by atoms with van der Waals surface area (Å²) in [6.45, 7) is 3.35. The Labute approximate surface area is 74.9 Å². The Morgan fingerprint density at radius 1 is 1.38 bits per heavy atom. The van der Waals surface area contributed by atoms with Crippen molar-refractivity contribution in [2.24, 2.45) is 0 Å². The van der Waals surface area contributed by atoms with Crippen LogP contribution in [-0.4, -0.2) is 4.92 Å². The van der Waals surface area contributed by atoms with Crippen molar-refractivity contribution < 1.29 is 4.92 Å². The van der Waals surface area contributed by atoms with E-state index in [4.69, 9.17) is 5.26 Å². The first-order chi connectivity index (χ1) is 6.17. The van der Waals surface area contributed by atoms with Gasteiger partial charge in [-0.05, 0) is 17.7 Å². The molecule has 0 saturated carbocycles. The largest absolute Gasteiger partial charge is 0.271 e. The molecular formula is C9H5N2O2. The average Bonchev–Trinajstić information content (AvgIpc) is 2.16. The zero-order valence-electron chi connectivity index (χ0n) is 6.65. The maximum atomic E-state index is 10.4. The normalized spacial score (nSPS) is 8.85. The van der Waals surface area contributed by atoms with E-state index in [1.807, 2.05) is 6.07 Å². The number of benzene rings is 1. The van der Waals surface area contributed by atoms with Crippen molar-refractivity contribution in [1.29, 1.82) is 5.26 Å². The third kappa shape index (κ3) is 1.91. The number of hydrogen-bond donors (Lipinski definition) is 0. The van der Waals surface area contributed by atoms with Crippen LogP contribution in [0.3, 0.4) is 0 Å². The highest BCUT2D eigenvalue weighted by atomic mass is 16.6. The van der Waals surface area contributed by atoms with Crippen LogP contribution in [0.4, 0.5) is 5.69 Å². The minimum atomic E-state index is -0.554. The number of nitriles is 1. The molecule has 0 N–H and O–H groups in total. The van der Waals surface area contributed by atoms with Crippen LogP contribution in [0.15, 0.2) is 24.8 Å². The van der Waals surface area contributed by atoms with Gasteiger partial charge in [-0.1, -0.05) is 6.58 Å². The van der Waals surface area contributed by atoms with Crippen LogP contribution in [0.2, 0.25) is 0 Å². The lowest BCUT2D eigenvalue weighted by molar-refractivity contribution is -0.384. The van der Waals surface area contributed by atoms with E-state index in [1.165, 1.54) is 18.2 Å². The quantitative estimate of drug-likeness (QED) is 0.505. The van der Waals surface area contributed by atoms with Crippen molar-refractivity contribution in [2.45, 2.75) is 0 Å². The van der Waals surface area contributed by atoms with Crippen LogP contribution in [0, 0.1) is 27.5 Å². The molecule has 0 aliphatic rings. The molecule has 0 spiro atoms. The summed E-state index contributed by atoms with van der Waals surface area (Å²) in [5.41, 5.74) is 0.566. The number of nitro benzene ring substituents is 1. The van der Waals surface area contributed by atoms with Crippen molar-refractivity contribution in [1.82, 2.24) is 0 Å². The lowest BCUT2D eigenvalue weighted by Crippen LogP contribution is -1.90. The minimum Gasteiger partial charge on any atom is -0.258 e. The number of nitrogens with zero attached hydrogens (tertiary/aromatic N) is 2. The van der Waals surface area contributed by atoms with E-state index >= 15 is 0 Å². The van der Waals surface area contributed by atoms with Gasteiger partial charge in [0.25, 0.3) is 5.69 Å². The highest BCUT2D eigenvalue weighted by Gasteiger charge is 2.07. The highest BCUT2D eigenvalue weighted by molar-refractivity contribution is 5.46. The van der Waals surface area contributed by atoms with Gasteiger partial charge in [0.1, 0.15) is 0 Å². The van der Waals surface area contributed by atoms with Crippen LogP contribution in [0.25, 0.3) is 0 Å². The van der Waals surface area contributed by atoms with Crippen molar-refractivity contribution >= 4 is 5.69 Å². The lowest BCUT2D eigenvalue weighted by atomic mass is 10.1. The van der Waals surface area contributed by atoms with Gasteiger partial charge in [-0.15, -0.1) is 0 Å². The first kappa shape index (κ1) is 8.94. The highest BCUT2D eigenvalue weighted by Crippen LogP contribution is 2.16. The van der Waals surface area contributed by atoms with E-state index < -0.39 is 4.92 Å². The molecule has 1 rings (SSSR count). The summed E-state index contributed by atoms with van der Waals surface area (Å²) in [5.74, 6) is 0. The van der Waals surface area contributed by atoms with Crippen LogP contribution >= 0.6 is 0 Å². The third-order valence-corrected chi connectivity index (χ3v) is 1.46. The SMILES string of the molecule is C=[C]c1cc(C#N)cc([N+](=O)[O-])c1. The molecule has 4 nitrogen and oxygen atoms in total. The number of rotatable bonds is 2. The second-order valence-electron chi connectivity index (χ2n) is 2.31. The Kier molecular flexibility index (Phi) is 2.41. The molecule has 0 atom stereocenters. The lowest BCUT2D eigenvalue weighted by Gasteiger charge is -1.94. The Hall–Kier alpha value is -2.15. The summed E-state index contributed by atoms with van der Waals surface area (Å²) in [4.78, 5) is 9.83. The average molecular weight is 173 g/mol. The standard InChI is InChI=1S/C9H5N2O2/c1-2-7-3-8(6-10)5-9(4-7)11(12)13/h3-5H,1H2. The summed E-state index contributed by atoms with van der Waals surface area (Å²) in [5, 5.41) is 18.9. The van der Waals surface area contributed by atoms with Gasteiger partial charge in [0.2, 0.25) is 0 Å². The Bertz CT molecular complexity index is 405. The first-order valence-electron chi connectivity index (χ1n) is 3.40. The van der Waals surface area contributed by atoms with Gasteiger partial charge >= 0.3 is 0 Å². The fourth-order valence-corrected chi connectivity index (χ4v) is 0.883. The van der Waals surface area contributed by atoms with Crippen molar-refractivity contribution in [3.8, 4) is 6.07 Å². The molecule has 63 valence electrons. The number of hydrogen-bond acceptors (Lipinski definition) is 3. The fraction of sp³-hybridized carbons (Fsp3) is 0. The zero-order valence-corrected chi connectivity index (χ0v) is 6.65. The van der Waals surface area contributed by atoms with Crippen LogP contribution in [0.1, 0.15) is 11.1 Å². The Morgan fingerprint density at radius 2 is 2.00 bits per heavy atom. The molecule has 0 amide bonds. The van der Waals surface area contributed by atoms with E-state index in [-0.39, 0.29) is 11.3 Å². The molecule has 0 saturated heterocycles. The van der Waals surface area contributed by atoms with Crippen molar-refractivity contribution in [2.75, 3.05) is 0 Å². The molecule has 0 aliphatic carbocycles. The number of non-ortho nitro benzene ring substituents is 1. The van der Waals surface area contributed by atoms with Gasteiger partial charge in [0.05, 0.1) is 16.6 Å². The molecule has 0 aliphatic heterocycles. The maximum absolute atomic E-state index is 10.4. The molecule has 1 radical (unpaired) electrons. The summed E-state index contributed by atoms with van der Waals surface area (Å²) in [7, 11) is 0. The van der Waals surface area contributed by atoms with E-state index in [1.54, 1.807) is 0 Å².